The second-order valence-corrected chi connectivity index (χ2v) is 6.37. The van der Waals surface area contributed by atoms with Crippen LogP contribution in [0.4, 0.5) is 0 Å². The summed E-state index contributed by atoms with van der Waals surface area (Å²) in [5.41, 5.74) is 0.604. The minimum Gasteiger partial charge on any atom is -0.495 e. The first-order valence-corrected chi connectivity index (χ1v) is 8.55. The lowest BCUT2D eigenvalue weighted by Gasteiger charge is -2.11. The molecule has 0 N–H and O–H groups in total. The van der Waals surface area contributed by atoms with Crippen LogP contribution in [0.2, 0.25) is 0 Å². The Labute approximate surface area is 141 Å². The summed E-state index contributed by atoms with van der Waals surface area (Å²) in [4.78, 5) is 4.90. The minimum atomic E-state index is -1.40. The van der Waals surface area contributed by atoms with Crippen LogP contribution in [0.1, 0.15) is 11.5 Å². The lowest BCUT2D eigenvalue weighted by molar-refractivity contribution is 0.375. The SMILES string of the molecule is COc1cccc(OC)c1[S@](=O)Cc1nc(-c2ccco2)oc1C. The molecule has 1 atom stereocenters. The van der Waals surface area contributed by atoms with Crippen molar-refractivity contribution in [1.82, 2.24) is 4.98 Å². The molecule has 0 aliphatic heterocycles. The van der Waals surface area contributed by atoms with Crippen LogP contribution in [0.25, 0.3) is 11.7 Å². The van der Waals surface area contributed by atoms with Gasteiger partial charge < -0.3 is 18.3 Å². The molecule has 0 spiro atoms. The van der Waals surface area contributed by atoms with Gasteiger partial charge in [0.05, 0.1) is 42.7 Å². The van der Waals surface area contributed by atoms with E-state index in [1.165, 1.54) is 14.2 Å². The zero-order valence-corrected chi connectivity index (χ0v) is 14.4. The van der Waals surface area contributed by atoms with Crippen molar-refractivity contribution in [3.8, 4) is 23.1 Å². The molecule has 0 unspecified atom stereocenters. The Morgan fingerprint density at radius 3 is 2.42 bits per heavy atom. The molecule has 0 aliphatic carbocycles. The standard InChI is InChI=1S/C17H17NO5S/c1-11-12(18-17(23-11)15-8-5-9-22-15)10-24(19)16-13(20-2)6-4-7-14(16)21-3/h4-9H,10H2,1-3H3/t24-/m1/s1. The van der Waals surface area contributed by atoms with E-state index in [2.05, 4.69) is 4.98 Å². The van der Waals surface area contributed by atoms with Gasteiger partial charge in [-0.25, -0.2) is 4.98 Å². The molecule has 0 saturated heterocycles. The fourth-order valence-corrected chi connectivity index (χ4v) is 3.72. The van der Waals surface area contributed by atoms with E-state index in [1.807, 2.05) is 0 Å². The Balaban J connectivity index is 1.91. The van der Waals surface area contributed by atoms with Crippen LogP contribution in [0.3, 0.4) is 0 Å². The van der Waals surface area contributed by atoms with Crippen molar-refractivity contribution < 1.29 is 22.5 Å². The fraction of sp³-hybridized carbons (Fsp3) is 0.235. The lowest BCUT2D eigenvalue weighted by atomic mass is 10.3. The number of ether oxygens (including phenoxy) is 2. The number of furan rings is 1. The third-order valence-electron chi connectivity index (χ3n) is 3.50. The van der Waals surface area contributed by atoms with Gasteiger partial charge in [0.15, 0.2) is 5.76 Å². The van der Waals surface area contributed by atoms with Crippen molar-refractivity contribution in [1.29, 1.82) is 0 Å². The molecule has 126 valence electrons. The largest absolute Gasteiger partial charge is 0.495 e. The minimum absolute atomic E-state index is 0.187. The molecule has 3 rings (SSSR count). The lowest BCUT2D eigenvalue weighted by Crippen LogP contribution is -2.03. The van der Waals surface area contributed by atoms with Crippen molar-refractivity contribution in [2.45, 2.75) is 17.6 Å². The summed E-state index contributed by atoms with van der Waals surface area (Å²) >= 11 is 0. The molecular weight excluding hydrogens is 330 g/mol. The maximum atomic E-state index is 12.9. The Bertz CT molecular complexity index is 832. The first-order valence-electron chi connectivity index (χ1n) is 7.23. The number of methoxy groups -OCH3 is 2. The third kappa shape index (κ3) is 3.07. The number of aryl methyl sites for hydroxylation is 1. The van der Waals surface area contributed by atoms with Gasteiger partial charge in [0.2, 0.25) is 0 Å². The summed E-state index contributed by atoms with van der Waals surface area (Å²) in [6.07, 6.45) is 1.55. The normalized spacial score (nSPS) is 12.1. The topological polar surface area (TPSA) is 74.7 Å². The Morgan fingerprint density at radius 2 is 1.83 bits per heavy atom. The Hall–Kier alpha value is -2.54. The van der Waals surface area contributed by atoms with E-state index in [1.54, 1.807) is 43.5 Å². The molecule has 0 amide bonds. The van der Waals surface area contributed by atoms with Gasteiger partial charge in [0, 0.05) is 0 Å². The van der Waals surface area contributed by atoms with Gasteiger partial charge in [-0.3, -0.25) is 4.21 Å². The maximum Gasteiger partial charge on any atom is 0.263 e. The van der Waals surface area contributed by atoms with Crippen molar-refractivity contribution in [3.05, 3.63) is 48.0 Å². The monoisotopic (exact) mass is 347 g/mol. The molecule has 2 aromatic heterocycles. The molecule has 7 heteroatoms. The van der Waals surface area contributed by atoms with E-state index in [0.29, 0.717) is 39.5 Å². The van der Waals surface area contributed by atoms with Gasteiger partial charge in [0.25, 0.3) is 5.89 Å². The Morgan fingerprint density at radius 1 is 1.12 bits per heavy atom. The average Bonchev–Trinajstić information content (AvgIpc) is 3.24. The zero-order chi connectivity index (χ0) is 17.1. The first kappa shape index (κ1) is 16.3. The van der Waals surface area contributed by atoms with E-state index in [4.69, 9.17) is 18.3 Å². The third-order valence-corrected chi connectivity index (χ3v) is 4.90. The number of rotatable bonds is 6. The highest BCUT2D eigenvalue weighted by atomic mass is 32.2. The van der Waals surface area contributed by atoms with Gasteiger partial charge in [-0.2, -0.15) is 0 Å². The van der Waals surface area contributed by atoms with E-state index < -0.39 is 10.8 Å². The first-order chi connectivity index (χ1) is 11.6. The van der Waals surface area contributed by atoms with Gasteiger partial charge in [0.1, 0.15) is 22.2 Å². The van der Waals surface area contributed by atoms with Crippen LogP contribution in [0, 0.1) is 6.92 Å². The summed E-state index contributed by atoms with van der Waals surface area (Å²) in [7, 11) is 1.66. The van der Waals surface area contributed by atoms with Crippen molar-refractivity contribution in [3.63, 3.8) is 0 Å². The van der Waals surface area contributed by atoms with E-state index >= 15 is 0 Å². The van der Waals surface area contributed by atoms with Crippen LogP contribution >= 0.6 is 0 Å². The zero-order valence-electron chi connectivity index (χ0n) is 13.6. The molecule has 1 aromatic carbocycles. The van der Waals surface area contributed by atoms with Crippen LogP contribution in [-0.2, 0) is 16.6 Å². The second kappa shape index (κ2) is 6.92. The number of hydrogen-bond acceptors (Lipinski definition) is 6. The summed E-state index contributed by atoms with van der Waals surface area (Å²) in [5, 5.41) is 0. The maximum absolute atomic E-state index is 12.9. The summed E-state index contributed by atoms with van der Waals surface area (Å²) in [6, 6.07) is 8.80. The van der Waals surface area contributed by atoms with Crippen molar-refractivity contribution in [2.75, 3.05) is 14.2 Å². The highest BCUT2D eigenvalue weighted by molar-refractivity contribution is 7.84. The second-order valence-electron chi connectivity index (χ2n) is 4.98. The fourth-order valence-electron chi connectivity index (χ4n) is 2.31. The molecule has 2 heterocycles. The van der Waals surface area contributed by atoms with E-state index in [0.717, 1.165) is 0 Å². The molecule has 0 saturated carbocycles. The molecule has 0 aliphatic rings. The van der Waals surface area contributed by atoms with Crippen molar-refractivity contribution in [2.24, 2.45) is 0 Å². The molecular formula is C17H17NO5S. The smallest absolute Gasteiger partial charge is 0.263 e. The van der Waals surface area contributed by atoms with Crippen LogP contribution in [0.15, 0.2) is 50.3 Å². The van der Waals surface area contributed by atoms with Crippen molar-refractivity contribution >= 4 is 10.8 Å². The van der Waals surface area contributed by atoms with Gasteiger partial charge in [-0.1, -0.05) is 6.07 Å². The van der Waals surface area contributed by atoms with Gasteiger partial charge in [-0.05, 0) is 31.2 Å². The van der Waals surface area contributed by atoms with E-state index in [-0.39, 0.29) is 5.75 Å². The highest BCUT2D eigenvalue weighted by Crippen LogP contribution is 2.33. The predicted octanol–water partition coefficient (Wildman–Crippen LogP) is 3.57. The Kier molecular flexibility index (Phi) is 4.71. The average molecular weight is 347 g/mol. The van der Waals surface area contributed by atoms with Crippen LogP contribution in [-0.4, -0.2) is 23.4 Å². The molecule has 24 heavy (non-hydrogen) atoms. The summed E-state index contributed by atoms with van der Waals surface area (Å²) < 4.78 is 34.4. The highest BCUT2D eigenvalue weighted by Gasteiger charge is 2.21. The summed E-state index contributed by atoms with van der Waals surface area (Å²) in [6.45, 7) is 1.78. The van der Waals surface area contributed by atoms with Crippen LogP contribution in [0.5, 0.6) is 11.5 Å². The number of oxazole rings is 1. The molecule has 3 aromatic rings. The molecule has 6 nitrogen and oxygen atoms in total. The predicted molar refractivity (Wildman–Crippen MR) is 88.6 cm³/mol. The van der Waals surface area contributed by atoms with Gasteiger partial charge >= 0.3 is 0 Å². The van der Waals surface area contributed by atoms with Crippen LogP contribution < -0.4 is 9.47 Å². The number of aromatic nitrogens is 1. The van der Waals surface area contributed by atoms with Gasteiger partial charge in [-0.15, -0.1) is 0 Å². The number of benzene rings is 1. The van der Waals surface area contributed by atoms with E-state index in [9.17, 15) is 4.21 Å². The molecule has 0 radical (unpaired) electrons. The quantitative estimate of drug-likeness (QED) is 0.679. The number of nitrogens with zero attached hydrogens (tertiary/aromatic N) is 1. The molecule has 0 fully saturated rings. The summed E-state index contributed by atoms with van der Waals surface area (Å²) in [5.74, 6) is 2.72. The number of hydrogen-bond donors (Lipinski definition) is 0. The molecule has 0 bridgehead atoms.